The fourth-order valence-corrected chi connectivity index (χ4v) is 4.71. The van der Waals surface area contributed by atoms with Crippen molar-refractivity contribution in [2.24, 2.45) is 22.0 Å². The average molecular weight is 393 g/mol. The lowest BCUT2D eigenvalue weighted by atomic mass is 9.86. The number of nitrogens with zero attached hydrogens (tertiary/aromatic N) is 2. The monoisotopic (exact) mass is 392 g/mol. The second kappa shape index (κ2) is 7.24. The molecule has 0 aromatic heterocycles. The Labute approximate surface area is 161 Å². The SMILES string of the molecule is CC(C)C(C)(CN)NC(=O)C1CCN(C2=NS(=O)(=O)c3ccccc32)CC1. The van der Waals surface area contributed by atoms with Gasteiger partial charge in [0.1, 0.15) is 4.90 Å². The van der Waals surface area contributed by atoms with Crippen molar-refractivity contribution in [3.05, 3.63) is 29.8 Å². The molecule has 3 rings (SSSR count). The predicted octanol–water partition coefficient (Wildman–Crippen LogP) is 1.34. The molecule has 1 atom stereocenters. The highest BCUT2D eigenvalue weighted by atomic mass is 32.2. The van der Waals surface area contributed by atoms with Gasteiger partial charge >= 0.3 is 0 Å². The summed E-state index contributed by atoms with van der Waals surface area (Å²) >= 11 is 0. The summed E-state index contributed by atoms with van der Waals surface area (Å²) in [5.41, 5.74) is 6.09. The van der Waals surface area contributed by atoms with Gasteiger partial charge in [-0.1, -0.05) is 26.0 Å². The number of carbonyl (C=O) groups excluding carboxylic acids is 1. The number of hydrogen-bond donors (Lipinski definition) is 2. The number of benzene rings is 1. The molecule has 1 amide bonds. The van der Waals surface area contributed by atoms with Gasteiger partial charge in [0.25, 0.3) is 10.0 Å². The number of hydrogen-bond acceptors (Lipinski definition) is 5. The Morgan fingerprint density at radius 2 is 1.96 bits per heavy atom. The molecule has 148 valence electrons. The molecular formula is C19H28N4O3S. The van der Waals surface area contributed by atoms with E-state index in [1.807, 2.05) is 31.7 Å². The molecule has 2 aliphatic heterocycles. The molecule has 1 saturated heterocycles. The Hall–Kier alpha value is -1.93. The van der Waals surface area contributed by atoms with E-state index in [0.29, 0.717) is 43.9 Å². The summed E-state index contributed by atoms with van der Waals surface area (Å²) < 4.78 is 28.5. The first kappa shape index (κ1) is 19.8. The molecule has 2 heterocycles. The lowest BCUT2D eigenvalue weighted by Gasteiger charge is -2.37. The molecule has 1 unspecified atom stereocenters. The van der Waals surface area contributed by atoms with Crippen LogP contribution < -0.4 is 11.1 Å². The third-order valence-corrected chi connectivity index (χ3v) is 7.21. The average Bonchev–Trinajstić information content (AvgIpc) is 2.93. The summed E-state index contributed by atoms with van der Waals surface area (Å²) in [6, 6.07) is 6.89. The molecule has 1 aromatic rings. The van der Waals surface area contributed by atoms with Crippen LogP contribution in [0, 0.1) is 11.8 Å². The molecule has 0 spiro atoms. The van der Waals surface area contributed by atoms with E-state index in [2.05, 4.69) is 9.71 Å². The van der Waals surface area contributed by atoms with E-state index in [9.17, 15) is 13.2 Å². The molecule has 1 fully saturated rings. The van der Waals surface area contributed by atoms with Crippen LogP contribution in [-0.4, -0.2) is 50.2 Å². The molecule has 8 heteroatoms. The molecule has 0 saturated carbocycles. The zero-order valence-electron chi connectivity index (χ0n) is 16.1. The van der Waals surface area contributed by atoms with Crippen LogP contribution in [0.15, 0.2) is 33.6 Å². The van der Waals surface area contributed by atoms with Crippen molar-refractivity contribution in [1.29, 1.82) is 0 Å². The topological polar surface area (TPSA) is 105 Å². The first-order chi connectivity index (χ1) is 12.7. The van der Waals surface area contributed by atoms with Crippen molar-refractivity contribution in [3.63, 3.8) is 0 Å². The van der Waals surface area contributed by atoms with Crippen LogP contribution in [0.25, 0.3) is 0 Å². The van der Waals surface area contributed by atoms with Gasteiger partial charge in [-0.15, -0.1) is 4.40 Å². The van der Waals surface area contributed by atoms with Gasteiger partial charge in [0, 0.05) is 31.1 Å². The van der Waals surface area contributed by atoms with E-state index < -0.39 is 15.6 Å². The molecule has 2 aliphatic rings. The van der Waals surface area contributed by atoms with Crippen LogP contribution in [0.2, 0.25) is 0 Å². The van der Waals surface area contributed by atoms with Crippen LogP contribution in [0.5, 0.6) is 0 Å². The van der Waals surface area contributed by atoms with E-state index in [4.69, 9.17) is 5.73 Å². The molecule has 0 aliphatic carbocycles. The van der Waals surface area contributed by atoms with Crippen LogP contribution in [0.4, 0.5) is 0 Å². The molecule has 0 bridgehead atoms. The molecule has 7 nitrogen and oxygen atoms in total. The van der Waals surface area contributed by atoms with Crippen LogP contribution in [0.1, 0.15) is 39.2 Å². The van der Waals surface area contributed by atoms with Crippen LogP contribution in [0.3, 0.4) is 0 Å². The highest BCUT2D eigenvalue weighted by Crippen LogP contribution is 2.30. The van der Waals surface area contributed by atoms with E-state index in [1.54, 1.807) is 18.2 Å². The lowest BCUT2D eigenvalue weighted by Crippen LogP contribution is -2.57. The van der Waals surface area contributed by atoms with E-state index in [0.717, 1.165) is 0 Å². The van der Waals surface area contributed by atoms with E-state index in [1.165, 1.54) is 0 Å². The van der Waals surface area contributed by atoms with Crippen LogP contribution in [-0.2, 0) is 14.8 Å². The highest BCUT2D eigenvalue weighted by Gasteiger charge is 2.36. The summed E-state index contributed by atoms with van der Waals surface area (Å²) in [7, 11) is -3.62. The molecule has 27 heavy (non-hydrogen) atoms. The molecule has 0 radical (unpaired) electrons. The fourth-order valence-electron chi connectivity index (χ4n) is 3.48. The quantitative estimate of drug-likeness (QED) is 0.804. The number of amidine groups is 1. The van der Waals surface area contributed by atoms with Gasteiger partial charge in [0.15, 0.2) is 5.84 Å². The maximum absolute atomic E-state index is 12.7. The number of sulfonamides is 1. The summed E-state index contributed by atoms with van der Waals surface area (Å²) in [6.07, 6.45) is 1.32. The second-order valence-electron chi connectivity index (χ2n) is 7.91. The Bertz CT molecular complexity index is 857. The smallest absolute Gasteiger partial charge is 0.285 e. The minimum Gasteiger partial charge on any atom is -0.355 e. The van der Waals surface area contributed by atoms with Gasteiger partial charge in [0.2, 0.25) is 5.91 Å². The Morgan fingerprint density at radius 1 is 1.33 bits per heavy atom. The van der Waals surface area contributed by atoms with Crippen molar-refractivity contribution in [3.8, 4) is 0 Å². The van der Waals surface area contributed by atoms with Gasteiger partial charge in [0.05, 0.1) is 5.54 Å². The van der Waals surface area contributed by atoms with Crippen molar-refractivity contribution in [2.45, 2.75) is 44.0 Å². The van der Waals surface area contributed by atoms with Gasteiger partial charge in [-0.2, -0.15) is 8.42 Å². The minimum absolute atomic E-state index is 0.0256. The summed E-state index contributed by atoms with van der Waals surface area (Å²) in [5.74, 6) is 0.664. The summed E-state index contributed by atoms with van der Waals surface area (Å²) in [5, 5.41) is 3.12. The Morgan fingerprint density at radius 3 is 2.56 bits per heavy atom. The second-order valence-corrected chi connectivity index (χ2v) is 9.49. The fraction of sp³-hybridized carbons (Fsp3) is 0.579. The maximum atomic E-state index is 12.7. The standard InChI is InChI=1S/C19H28N4O3S/c1-13(2)19(3,12-20)21-18(24)14-8-10-23(11-9-14)17-15-6-4-5-7-16(15)27(25,26)22-17/h4-7,13-14H,8-12,20H2,1-3H3,(H,21,24). The summed E-state index contributed by atoms with van der Waals surface area (Å²) in [4.78, 5) is 14.9. The van der Waals surface area contributed by atoms with Crippen LogP contribution >= 0.6 is 0 Å². The van der Waals surface area contributed by atoms with Gasteiger partial charge in [-0.25, -0.2) is 0 Å². The predicted molar refractivity (Wildman–Crippen MR) is 105 cm³/mol. The number of fused-ring (bicyclic) bond motifs is 1. The van der Waals surface area contributed by atoms with Gasteiger partial charge < -0.3 is 16.0 Å². The first-order valence-electron chi connectivity index (χ1n) is 9.39. The Balaban J connectivity index is 1.67. The number of carbonyl (C=O) groups is 1. The normalized spacial score (nSPS) is 21.5. The Kier molecular flexibility index (Phi) is 5.31. The molecular weight excluding hydrogens is 364 g/mol. The zero-order valence-corrected chi connectivity index (χ0v) is 16.9. The first-order valence-corrected chi connectivity index (χ1v) is 10.8. The van der Waals surface area contributed by atoms with E-state index >= 15 is 0 Å². The largest absolute Gasteiger partial charge is 0.355 e. The van der Waals surface area contributed by atoms with E-state index in [-0.39, 0.29) is 22.6 Å². The molecule has 1 aromatic carbocycles. The maximum Gasteiger partial charge on any atom is 0.285 e. The third-order valence-electron chi connectivity index (χ3n) is 5.88. The number of likely N-dealkylation sites (tertiary alicyclic amines) is 1. The van der Waals surface area contributed by atoms with Gasteiger partial charge in [-0.3, -0.25) is 4.79 Å². The number of piperidine rings is 1. The van der Waals surface area contributed by atoms with Crippen molar-refractivity contribution in [2.75, 3.05) is 19.6 Å². The lowest BCUT2D eigenvalue weighted by molar-refractivity contribution is -0.128. The van der Waals surface area contributed by atoms with Crippen molar-refractivity contribution >= 4 is 21.8 Å². The highest BCUT2D eigenvalue weighted by molar-refractivity contribution is 7.90. The molecule has 3 N–H and O–H groups in total. The zero-order chi connectivity index (χ0) is 19.8. The third kappa shape index (κ3) is 3.73. The summed E-state index contributed by atoms with van der Waals surface area (Å²) in [6.45, 7) is 7.65. The van der Waals surface area contributed by atoms with Gasteiger partial charge in [-0.05, 0) is 37.8 Å². The number of nitrogens with one attached hydrogen (secondary N) is 1. The van der Waals surface area contributed by atoms with Crippen molar-refractivity contribution in [1.82, 2.24) is 10.2 Å². The minimum atomic E-state index is -3.62. The number of rotatable bonds is 4. The number of amides is 1. The number of nitrogens with two attached hydrogens (primary N) is 1. The van der Waals surface area contributed by atoms with Crippen molar-refractivity contribution < 1.29 is 13.2 Å².